The summed E-state index contributed by atoms with van der Waals surface area (Å²) < 4.78 is 0. The van der Waals surface area contributed by atoms with Gasteiger partial charge < -0.3 is 0 Å². The highest BCUT2D eigenvalue weighted by Gasteiger charge is 2.22. The normalized spacial score (nSPS) is 11.3. The first-order valence-electron chi connectivity index (χ1n) is 44.0. The van der Waals surface area contributed by atoms with Crippen molar-refractivity contribution in [3.8, 4) is 201 Å². The third-order valence-electron chi connectivity index (χ3n) is 25.3. The molecular weight excluding hydrogens is 1530 g/mol. The van der Waals surface area contributed by atoms with E-state index in [1.54, 1.807) is 6.33 Å². The SMILES string of the molecule is CCc1cnc(-c2ccc(-c3ccccc3-c3cc(-c4ccccc4-c4ccc(-c5cc(-c6ccc(-c7ccccc7-c7cc(-c8ccccc8-c8ccc(-c9cc(C)c(CC)cn9)cc8)cc(-c8ccccc8-c8ccc(-c9cc(C)c(CC)cn9)cc8)c7)cc6)ncn5)cc4)cc(-c4ccccc4-c4ccc(-c5cc(C)c(CC)cn5)cc4)c3)cc2)cc1C. The minimum Gasteiger partial charge on any atom is -0.256 e. The topological polar surface area (TPSA) is 77.3 Å². The van der Waals surface area contributed by atoms with Crippen LogP contribution in [0.2, 0.25) is 0 Å². The number of benzene rings is 14. The maximum atomic E-state index is 4.93. The van der Waals surface area contributed by atoms with E-state index in [0.717, 1.165) is 227 Å². The van der Waals surface area contributed by atoms with Gasteiger partial charge >= 0.3 is 0 Å². The summed E-state index contributed by atoms with van der Waals surface area (Å²) in [4.78, 5) is 29.4. The first-order valence-corrected chi connectivity index (χ1v) is 44.0. The maximum Gasteiger partial charge on any atom is 0.116 e. The number of aryl methyl sites for hydroxylation is 8. The molecule has 0 N–H and O–H groups in total. The fourth-order valence-corrected chi connectivity index (χ4v) is 18.2. The number of nitrogens with zero attached hydrogens (tertiary/aromatic N) is 6. The molecule has 0 unspecified atom stereocenters. The highest BCUT2D eigenvalue weighted by Crippen LogP contribution is 2.47. The van der Waals surface area contributed by atoms with Crippen molar-refractivity contribution in [1.29, 1.82) is 0 Å². The van der Waals surface area contributed by atoms with Crippen LogP contribution in [0.5, 0.6) is 0 Å². The third kappa shape index (κ3) is 16.5. The van der Waals surface area contributed by atoms with E-state index in [4.69, 9.17) is 29.9 Å². The van der Waals surface area contributed by atoms with Gasteiger partial charge in [0.25, 0.3) is 0 Å². The average molecular weight is 1620 g/mol. The molecule has 0 amide bonds. The highest BCUT2D eigenvalue weighted by atomic mass is 14.8. The van der Waals surface area contributed by atoms with Gasteiger partial charge in [-0.3, -0.25) is 19.9 Å². The van der Waals surface area contributed by atoms with E-state index < -0.39 is 0 Å². The van der Waals surface area contributed by atoms with Gasteiger partial charge in [-0.1, -0.05) is 319 Å². The van der Waals surface area contributed by atoms with Crippen LogP contribution in [0.25, 0.3) is 201 Å². The Morgan fingerprint density at radius 2 is 0.294 bits per heavy atom. The smallest absolute Gasteiger partial charge is 0.116 e. The molecule has 0 spiro atoms. The monoisotopic (exact) mass is 1620 g/mol. The first kappa shape index (κ1) is 80.5. The lowest BCUT2D eigenvalue weighted by Crippen LogP contribution is -1.93. The number of rotatable bonds is 22. The van der Waals surface area contributed by atoms with Crippen molar-refractivity contribution >= 4 is 0 Å². The van der Waals surface area contributed by atoms with Crippen LogP contribution >= 0.6 is 0 Å². The molecule has 14 aromatic carbocycles. The summed E-state index contributed by atoms with van der Waals surface area (Å²) in [6, 6.07) is 132. The molecule has 126 heavy (non-hydrogen) atoms. The molecule has 6 heteroatoms. The molecule has 0 saturated carbocycles. The van der Waals surface area contributed by atoms with E-state index in [0.29, 0.717) is 0 Å². The lowest BCUT2D eigenvalue weighted by molar-refractivity contribution is 1.07. The molecule has 606 valence electrons. The van der Waals surface area contributed by atoms with Crippen LogP contribution < -0.4 is 0 Å². The van der Waals surface area contributed by atoms with E-state index >= 15 is 0 Å². The number of hydrogen-bond donors (Lipinski definition) is 0. The van der Waals surface area contributed by atoms with Crippen molar-refractivity contribution in [2.45, 2.75) is 81.1 Å². The van der Waals surface area contributed by atoms with Crippen molar-refractivity contribution in [1.82, 2.24) is 29.9 Å². The summed E-state index contributed by atoms with van der Waals surface area (Å²) in [5.74, 6) is 0. The zero-order valence-electron chi connectivity index (χ0n) is 72.5. The van der Waals surface area contributed by atoms with Crippen LogP contribution in [0.1, 0.15) is 72.2 Å². The zero-order chi connectivity index (χ0) is 85.7. The predicted molar refractivity (Wildman–Crippen MR) is 528 cm³/mol. The summed E-state index contributed by atoms with van der Waals surface area (Å²) in [5.41, 5.74) is 49.2. The summed E-state index contributed by atoms with van der Waals surface area (Å²) in [5, 5.41) is 0. The lowest BCUT2D eigenvalue weighted by Gasteiger charge is -2.18. The molecule has 0 aliphatic rings. The fraction of sp³-hybridized carbons (Fsp3) is 0.100. The van der Waals surface area contributed by atoms with Gasteiger partial charge in [0.15, 0.2) is 0 Å². The molecule has 0 radical (unpaired) electrons. The second-order valence-electron chi connectivity index (χ2n) is 33.0. The summed E-state index contributed by atoms with van der Waals surface area (Å²) in [6.07, 6.45) is 13.6. The minimum absolute atomic E-state index is 0.839. The van der Waals surface area contributed by atoms with Crippen LogP contribution in [0.15, 0.2) is 389 Å². The van der Waals surface area contributed by atoms with Crippen LogP contribution in [-0.2, 0) is 25.7 Å². The van der Waals surface area contributed by atoms with Crippen molar-refractivity contribution in [2.75, 3.05) is 0 Å². The molecule has 0 bridgehead atoms. The highest BCUT2D eigenvalue weighted by molar-refractivity contribution is 5.98. The van der Waals surface area contributed by atoms with E-state index in [9.17, 15) is 0 Å². The molecule has 0 aliphatic heterocycles. The van der Waals surface area contributed by atoms with Gasteiger partial charge in [0.05, 0.1) is 34.2 Å². The zero-order valence-corrected chi connectivity index (χ0v) is 72.5. The molecule has 5 aromatic heterocycles. The molecule has 6 nitrogen and oxygen atoms in total. The standard InChI is InChI=1S/C120H96N6/c1-9-81-72-121-115(61-77(81)5)91-49-37-85(38-50-91)103-25-13-19-31-109(103)97-65-98(110-32-20-14-26-104(110)86-39-51-92(52-40-86)116-62-78(6)82(10-2)73-122-116)68-101(67-97)113-35-23-17-29-107(113)89-45-57-95(58-46-89)119-71-120(126-76-125-119)96-59-47-90(48-60-96)108-30-18-24-36-114(108)102-69-99(111-33-21-15-27-105(111)87-41-53-93(54-42-87)117-63-79(7)83(11-3)74-123-117)66-100(70-102)112-34-22-16-28-106(112)88-43-55-94(56-44-88)118-64-80(8)84(12-4)75-124-118/h13-76H,9-12H2,1-8H3. The Kier molecular flexibility index (Phi) is 22.8. The summed E-state index contributed by atoms with van der Waals surface area (Å²) in [6.45, 7) is 17.5. The molecule has 0 atom stereocenters. The van der Waals surface area contributed by atoms with Gasteiger partial charge in [0, 0.05) is 58.2 Å². The van der Waals surface area contributed by atoms with Crippen molar-refractivity contribution in [2.24, 2.45) is 0 Å². The van der Waals surface area contributed by atoms with Crippen molar-refractivity contribution in [3.05, 3.63) is 434 Å². The Balaban J connectivity index is 0.642. The number of pyridine rings is 4. The first-order chi connectivity index (χ1) is 61.9. The number of hydrogen-bond acceptors (Lipinski definition) is 6. The van der Waals surface area contributed by atoms with Crippen LogP contribution in [0.3, 0.4) is 0 Å². The Labute approximate surface area is 740 Å². The van der Waals surface area contributed by atoms with Crippen LogP contribution in [0.4, 0.5) is 0 Å². The van der Waals surface area contributed by atoms with Crippen LogP contribution in [0, 0.1) is 27.7 Å². The van der Waals surface area contributed by atoms with Gasteiger partial charge in [-0.2, -0.15) is 0 Å². The van der Waals surface area contributed by atoms with Gasteiger partial charge in [-0.15, -0.1) is 0 Å². The largest absolute Gasteiger partial charge is 0.256 e. The second kappa shape index (κ2) is 35.7. The van der Waals surface area contributed by atoms with E-state index in [2.05, 4.69) is 413 Å². The molecule has 0 aliphatic carbocycles. The summed E-state index contributed by atoms with van der Waals surface area (Å²) >= 11 is 0. The third-order valence-corrected chi connectivity index (χ3v) is 25.3. The van der Waals surface area contributed by atoms with E-state index in [1.165, 1.54) is 44.5 Å². The average Bonchev–Trinajstić information content (AvgIpc) is 0.767. The molecule has 0 fully saturated rings. The van der Waals surface area contributed by atoms with Crippen molar-refractivity contribution < 1.29 is 0 Å². The van der Waals surface area contributed by atoms with Gasteiger partial charge in [-0.05, 0) is 298 Å². The van der Waals surface area contributed by atoms with Gasteiger partial charge in [0.1, 0.15) is 6.33 Å². The molecule has 0 saturated heterocycles. The Morgan fingerprint density at radius 3 is 0.444 bits per heavy atom. The minimum atomic E-state index is 0.839. The number of aromatic nitrogens is 6. The van der Waals surface area contributed by atoms with Gasteiger partial charge in [0.2, 0.25) is 0 Å². The predicted octanol–water partition coefficient (Wildman–Crippen LogP) is 31.5. The maximum absolute atomic E-state index is 4.93. The van der Waals surface area contributed by atoms with Crippen molar-refractivity contribution in [3.63, 3.8) is 0 Å². The lowest BCUT2D eigenvalue weighted by atomic mass is 9.86. The van der Waals surface area contributed by atoms with E-state index in [1.807, 2.05) is 24.8 Å². The summed E-state index contributed by atoms with van der Waals surface area (Å²) in [7, 11) is 0. The molecule has 19 rings (SSSR count). The Hall–Kier alpha value is -15.2. The fourth-order valence-electron chi connectivity index (χ4n) is 18.2. The second-order valence-corrected chi connectivity index (χ2v) is 33.0. The molecular formula is C120H96N6. The molecule has 19 aromatic rings. The van der Waals surface area contributed by atoms with E-state index in [-0.39, 0.29) is 0 Å². The van der Waals surface area contributed by atoms with Gasteiger partial charge in [-0.25, -0.2) is 9.97 Å². The Morgan fingerprint density at radius 1 is 0.151 bits per heavy atom. The quantitative estimate of drug-likeness (QED) is 0.0673. The molecule has 5 heterocycles. The Bertz CT molecular complexity index is 6500. The van der Waals surface area contributed by atoms with Crippen LogP contribution in [-0.4, -0.2) is 29.9 Å².